The maximum absolute atomic E-state index is 5.92. The molecule has 0 aromatic carbocycles. The number of hydrogen-bond donors (Lipinski definition) is 2. The highest BCUT2D eigenvalue weighted by Gasteiger charge is 2.43. The average Bonchev–Trinajstić information content (AvgIpc) is 2.88. The Kier molecular flexibility index (Phi) is 4.60. The molecule has 1 fully saturated rings. The maximum Gasteiger partial charge on any atom is 0.0889 e. The van der Waals surface area contributed by atoms with E-state index in [0.717, 1.165) is 24.9 Å². The Hall–Kier alpha value is -0.910. The molecule has 1 aromatic rings. The van der Waals surface area contributed by atoms with E-state index >= 15 is 0 Å². The first-order valence-electron chi connectivity index (χ1n) is 7.19. The van der Waals surface area contributed by atoms with Crippen molar-refractivity contribution in [1.29, 1.82) is 0 Å². The summed E-state index contributed by atoms with van der Waals surface area (Å²) in [6.07, 6.45) is 8.50. The molecule has 3 N–H and O–H groups in total. The molecule has 19 heavy (non-hydrogen) atoms. The Labute approximate surface area is 115 Å². The maximum atomic E-state index is 5.92. The van der Waals surface area contributed by atoms with Crippen molar-refractivity contribution in [2.75, 3.05) is 7.11 Å². The van der Waals surface area contributed by atoms with E-state index in [1.165, 1.54) is 12.8 Å². The van der Waals surface area contributed by atoms with E-state index in [9.17, 15) is 0 Å². The third kappa shape index (κ3) is 2.83. The number of rotatable bonds is 5. The number of ether oxygens (including phenoxy) is 1. The van der Waals surface area contributed by atoms with Crippen molar-refractivity contribution in [2.45, 2.75) is 57.7 Å². The van der Waals surface area contributed by atoms with E-state index in [0.29, 0.717) is 5.92 Å². The van der Waals surface area contributed by atoms with E-state index in [1.807, 2.05) is 10.9 Å². The van der Waals surface area contributed by atoms with Crippen LogP contribution in [0.15, 0.2) is 12.4 Å². The van der Waals surface area contributed by atoms with Crippen molar-refractivity contribution in [2.24, 2.45) is 11.8 Å². The molecule has 1 aromatic heterocycles. The standard InChI is InChI=1S/C14H26N4O/c1-4-18-10-12(9-16-18)13(17-15)14(19-3)7-5-6-11(2)8-14/h9-11,13,17H,4-8,15H2,1-3H3. The van der Waals surface area contributed by atoms with Gasteiger partial charge in [0.05, 0.1) is 17.8 Å². The Morgan fingerprint density at radius 3 is 3.00 bits per heavy atom. The molecule has 2 rings (SSSR count). The van der Waals surface area contributed by atoms with Gasteiger partial charge in [0.25, 0.3) is 0 Å². The molecule has 3 atom stereocenters. The summed E-state index contributed by atoms with van der Waals surface area (Å²) in [7, 11) is 1.80. The molecule has 5 nitrogen and oxygen atoms in total. The smallest absolute Gasteiger partial charge is 0.0889 e. The minimum atomic E-state index is -0.214. The first-order chi connectivity index (χ1) is 9.15. The first kappa shape index (κ1) is 14.5. The molecule has 3 unspecified atom stereocenters. The van der Waals surface area contributed by atoms with Gasteiger partial charge in [0.1, 0.15) is 0 Å². The summed E-state index contributed by atoms with van der Waals surface area (Å²) in [5, 5.41) is 4.35. The minimum absolute atomic E-state index is 0.000509. The first-order valence-corrected chi connectivity index (χ1v) is 7.19. The lowest BCUT2D eigenvalue weighted by atomic mass is 9.73. The van der Waals surface area contributed by atoms with E-state index in [2.05, 4.69) is 30.6 Å². The second kappa shape index (κ2) is 6.03. The van der Waals surface area contributed by atoms with Crippen LogP contribution in [0.1, 0.15) is 51.1 Å². The van der Waals surface area contributed by atoms with Gasteiger partial charge in [-0.3, -0.25) is 10.5 Å². The van der Waals surface area contributed by atoms with Crippen LogP contribution in [-0.4, -0.2) is 22.5 Å². The molecule has 0 spiro atoms. The number of hydrogen-bond acceptors (Lipinski definition) is 4. The molecule has 0 amide bonds. The summed E-state index contributed by atoms with van der Waals surface area (Å²) >= 11 is 0. The summed E-state index contributed by atoms with van der Waals surface area (Å²) in [5.74, 6) is 6.50. The van der Waals surface area contributed by atoms with Crippen LogP contribution >= 0.6 is 0 Å². The van der Waals surface area contributed by atoms with Crippen molar-refractivity contribution in [3.05, 3.63) is 18.0 Å². The molecule has 0 bridgehead atoms. The van der Waals surface area contributed by atoms with Crippen LogP contribution in [-0.2, 0) is 11.3 Å². The van der Waals surface area contributed by atoms with Gasteiger partial charge in [-0.2, -0.15) is 5.10 Å². The van der Waals surface area contributed by atoms with Crippen molar-refractivity contribution in [1.82, 2.24) is 15.2 Å². The van der Waals surface area contributed by atoms with Gasteiger partial charge >= 0.3 is 0 Å². The predicted octanol–water partition coefficient (Wildman–Crippen LogP) is 2.00. The van der Waals surface area contributed by atoms with Gasteiger partial charge in [-0.05, 0) is 25.7 Å². The lowest BCUT2D eigenvalue weighted by Crippen LogP contribution is -2.50. The second-order valence-corrected chi connectivity index (χ2v) is 5.70. The van der Waals surface area contributed by atoms with Gasteiger partial charge in [-0.15, -0.1) is 0 Å². The number of nitrogens with one attached hydrogen (secondary N) is 1. The van der Waals surface area contributed by atoms with E-state index in [4.69, 9.17) is 10.6 Å². The lowest BCUT2D eigenvalue weighted by molar-refractivity contribution is -0.0806. The monoisotopic (exact) mass is 266 g/mol. The third-order valence-electron chi connectivity index (χ3n) is 4.40. The van der Waals surface area contributed by atoms with Gasteiger partial charge in [0, 0.05) is 25.4 Å². The number of nitrogens with two attached hydrogens (primary N) is 1. The number of aromatic nitrogens is 2. The fraction of sp³-hybridized carbons (Fsp3) is 0.786. The van der Waals surface area contributed by atoms with Crippen LogP contribution in [0.25, 0.3) is 0 Å². The Balaban J connectivity index is 2.27. The summed E-state index contributed by atoms with van der Waals surface area (Å²) in [5.41, 5.74) is 3.86. The van der Waals surface area contributed by atoms with Crippen LogP contribution < -0.4 is 11.3 Å². The predicted molar refractivity (Wildman–Crippen MR) is 75.3 cm³/mol. The average molecular weight is 266 g/mol. The van der Waals surface area contributed by atoms with Gasteiger partial charge in [-0.1, -0.05) is 19.8 Å². The van der Waals surface area contributed by atoms with Gasteiger partial charge in [0.15, 0.2) is 0 Å². The molecule has 1 saturated carbocycles. The van der Waals surface area contributed by atoms with E-state index in [-0.39, 0.29) is 11.6 Å². The molecule has 108 valence electrons. The SMILES string of the molecule is CCn1cc(C(NN)C2(OC)CCCC(C)C2)cn1. The summed E-state index contributed by atoms with van der Waals surface area (Å²) in [4.78, 5) is 0. The summed E-state index contributed by atoms with van der Waals surface area (Å²) < 4.78 is 7.85. The third-order valence-corrected chi connectivity index (χ3v) is 4.40. The number of hydrazine groups is 1. The zero-order chi connectivity index (χ0) is 13.9. The molecule has 5 heteroatoms. The van der Waals surface area contributed by atoms with Gasteiger partial charge in [-0.25, -0.2) is 5.43 Å². The normalized spacial score (nSPS) is 29.4. The van der Waals surface area contributed by atoms with Crippen LogP contribution in [0.2, 0.25) is 0 Å². The van der Waals surface area contributed by atoms with E-state index in [1.54, 1.807) is 7.11 Å². The van der Waals surface area contributed by atoms with Crippen molar-refractivity contribution in [3.8, 4) is 0 Å². The quantitative estimate of drug-likeness (QED) is 0.632. The topological polar surface area (TPSA) is 65.1 Å². The molecule has 1 aliphatic carbocycles. The highest BCUT2D eigenvalue weighted by atomic mass is 16.5. The van der Waals surface area contributed by atoms with Crippen LogP contribution in [0.4, 0.5) is 0 Å². The summed E-state index contributed by atoms with van der Waals surface area (Å²) in [6, 6.07) is 0.000509. The summed E-state index contributed by atoms with van der Waals surface area (Å²) in [6.45, 7) is 5.24. The van der Waals surface area contributed by atoms with Crippen molar-refractivity contribution in [3.63, 3.8) is 0 Å². The Morgan fingerprint density at radius 2 is 2.47 bits per heavy atom. The van der Waals surface area contributed by atoms with Crippen LogP contribution in [0.3, 0.4) is 0 Å². The molecule has 0 radical (unpaired) electrons. The molecule has 0 aliphatic heterocycles. The number of nitrogens with zero attached hydrogens (tertiary/aromatic N) is 2. The van der Waals surface area contributed by atoms with Crippen LogP contribution in [0, 0.1) is 5.92 Å². The highest BCUT2D eigenvalue weighted by molar-refractivity contribution is 5.17. The lowest BCUT2D eigenvalue weighted by Gasteiger charge is -2.44. The Morgan fingerprint density at radius 1 is 1.68 bits per heavy atom. The fourth-order valence-electron chi connectivity index (χ4n) is 3.36. The molecular weight excluding hydrogens is 240 g/mol. The van der Waals surface area contributed by atoms with Gasteiger partial charge < -0.3 is 4.74 Å². The zero-order valence-corrected chi connectivity index (χ0v) is 12.2. The number of aryl methyl sites for hydroxylation is 1. The zero-order valence-electron chi connectivity index (χ0n) is 12.2. The second-order valence-electron chi connectivity index (χ2n) is 5.70. The molecular formula is C14H26N4O. The fourth-order valence-corrected chi connectivity index (χ4v) is 3.36. The highest BCUT2D eigenvalue weighted by Crippen LogP contribution is 2.42. The minimum Gasteiger partial charge on any atom is -0.376 e. The Bertz CT molecular complexity index is 406. The molecule has 1 heterocycles. The molecule has 1 aliphatic rings. The van der Waals surface area contributed by atoms with Crippen LogP contribution in [0.5, 0.6) is 0 Å². The number of methoxy groups -OCH3 is 1. The van der Waals surface area contributed by atoms with Crippen molar-refractivity contribution < 1.29 is 4.74 Å². The van der Waals surface area contributed by atoms with E-state index < -0.39 is 0 Å². The largest absolute Gasteiger partial charge is 0.376 e. The van der Waals surface area contributed by atoms with Gasteiger partial charge in [0.2, 0.25) is 0 Å². The van der Waals surface area contributed by atoms with Crippen molar-refractivity contribution >= 4 is 0 Å². The molecule has 0 saturated heterocycles.